The third-order valence-electron chi connectivity index (χ3n) is 4.50. The average Bonchev–Trinajstić information content (AvgIpc) is 2.66. The number of ether oxygens (including phenoxy) is 1. The number of nitrogens with one attached hydrogen (secondary N) is 1. The van der Waals surface area contributed by atoms with E-state index < -0.39 is 6.04 Å². The SMILES string of the molecule is Cc1cccc(OCC(=O)N(CCc2ccccc2)C(C)C(=O)NC(C)(C)C)c1. The summed E-state index contributed by atoms with van der Waals surface area (Å²) in [6.07, 6.45) is 0.671. The lowest BCUT2D eigenvalue weighted by Crippen LogP contribution is -2.53. The van der Waals surface area contributed by atoms with Crippen LogP contribution in [0.2, 0.25) is 0 Å². The Morgan fingerprint density at radius 2 is 1.76 bits per heavy atom. The maximum absolute atomic E-state index is 13.0. The molecule has 0 aliphatic carbocycles. The van der Waals surface area contributed by atoms with E-state index in [-0.39, 0.29) is 24.0 Å². The first kappa shape index (κ1) is 22.5. The number of carbonyl (C=O) groups is 2. The molecule has 0 bridgehead atoms. The van der Waals surface area contributed by atoms with Gasteiger partial charge in [-0.2, -0.15) is 0 Å². The molecule has 0 saturated heterocycles. The number of hydrogen-bond acceptors (Lipinski definition) is 3. The Balaban J connectivity index is 2.09. The molecule has 1 unspecified atom stereocenters. The second-order valence-corrected chi connectivity index (χ2v) is 8.34. The highest BCUT2D eigenvalue weighted by molar-refractivity contribution is 5.88. The van der Waals surface area contributed by atoms with E-state index in [1.165, 1.54) is 0 Å². The van der Waals surface area contributed by atoms with Crippen molar-refractivity contribution in [3.05, 3.63) is 65.7 Å². The fourth-order valence-electron chi connectivity index (χ4n) is 2.98. The second kappa shape index (κ2) is 10.1. The van der Waals surface area contributed by atoms with Crippen LogP contribution in [-0.2, 0) is 16.0 Å². The number of amides is 2. The van der Waals surface area contributed by atoms with Crippen LogP contribution in [0.15, 0.2) is 54.6 Å². The number of carbonyl (C=O) groups excluding carboxylic acids is 2. The van der Waals surface area contributed by atoms with Gasteiger partial charge in [0.2, 0.25) is 5.91 Å². The van der Waals surface area contributed by atoms with Gasteiger partial charge in [0.25, 0.3) is 5.91 Å². The number of benzene rings is 2. The molecule has 0 aliphatic heterocycles. The largest absolute Gasteiger partial charge is 0.484 e. The summed E-state index contributed by atoms with van der Waals surface area (Å²) in [6, 6.07) is 16.9. The molecule has 2 amide bonds. The van der Waals surface area contributed by atoms with E-state index in [4.69, 9.17) is 4.74 Å². The Morgan fingerprint density at radius 1 is 1.07 bits per heavy atom. The van der Waals surface area contributed by atoms with Crippen LogP contribution >= 0.6 is 0 Å². The Labute approximate surface area is 174 Å². The summed E-state index contributed by atoms with van der Waals surface area (Å²) < 4.78 is 5.69. The first-order chi connectivity index (χ1) is 13.7. The van der Waals surface area contributed by atoms with Crippen molar-refractivity contribution in [3.8, 4) is 5.75 Å². The average molecular weight is 397 g/mol. The summed E-state index contributed by atoms with van der Waals surface area (Å²) in [5, 5.41) is 2.96. The molecule has 1 N–H and O–H groups in total. The smallest absolute Gasteiger partial charge is 0.261 e. The van der Waals surface area contributed by atoms with Gasteiger partial charge in [-0.1, -0.05) is 42.5 Å². The number of rotatable bonds is 8. The Morgan fingerprint density at radius 3 is 2.38 bits per heavy atom. The first-order valence-corrected chi connectivity index (χ1v) is 10.0. The monoisotopic (exact) mass is 396 g/mol. The summed E-state index contributed by atoms with van der Waals surface area (Å²) in [5.41, 5.74) is 1.82. The zero-order chi connectivity index (χ0) is 21.4. The number of nitrogens with zero attached hydrogens (tertiary/aromatic N) is 1. The van der Waals surface area contributed by atoms with Gasteiger partial charge < -0.3 is 15.0 Å². The third kappa shape index (κ3) is 7.60. The van der Waals surface area contributed by atoms with Crippen molar-refractivity contribution >= 4 is 11.8 Å². The Kier molecular flexibility index (Phi) is 7.82. The number of aryl methyl sites for hydroxylation is 1. The van der Waals surface area contributed by atoms with Crippen molar-refractivity contribution in [2.24, 2.45) is 0 Å². The maximum atomic E-state index is 13.0. The molecule has 0 aromatic heterocycles. The molecule has 2 aromatic carbocycles. The van der Waals surface area contributed by atoms with Crippen molar-refractivity contribution < 1.29 is 14.3 Å². The van der Waals surface area contributed by atoms with Gasteiger partial charge >= 0.3 is 0 Å². The lowest BCUT2D eigenvalue weighted by molar-refractivity contribution is -0.142. The van der Waals surface area contributed by atoms with Crippen LogP contribution in [0.1, 0.15) is 38.8 Å². The molecule has 0 spiro atoms. The van der Waals surface area contributed by atoms with Crippen molar-refractivity contribution in [1.29, 1.82) is 0 Å². The Bertz CT molecular complexity index is 812. The van der Waals surface area contributed by atoms with Crippen LogP contribution in [0.25, 0.3) is 0 Å². The molecule has 5 heteroatoms. The number of hydrogen-bond donors (Lipinski definition) is 1. The van der Waals surface area contributed by atoms with E-state index in [1.807, 2.05) is 82.3 Å². The van der Waals surface area contributed by atoms with Gasteiger partial charge in [0, 0.05) is 12.1 Å². The zero-order valence-electron chi connectivity index (χ0n) is 18.1. The minimum absolute atomic E-state index is 0.106. The molecule has 0 radical (unpaired) electrons. The highest BCUT2D eigenvalue weighted by Gasteiger charge is 2.28. The van der Waals surface area contributed by atoms with Crippen molar-refractivity contribution in [2.45, 2.75) is 52.6 Å². The molecule has 156 valence electrons. The van der Waals surface area contributed by atoms with Crippen LogP contribution in [0.4, 0.5) is 0 Å². The summed E-state index contributed by atoms with van der Waals surface area (Å²) in [7, 11) is 0. The molecule has 29 heavy (non-hydrogen) atoms. The van der Waals surface area contributed by atoms with Gasteiger partial charge in [0.05, 0.1) is 0 Å². The minimum Gasteiger partial charge on any atom is -0.484 e. The van der Waals surface area contributed by atoms with E-state index in [0.717, 1.165) is 11.1 Å². The van der Waals surface area contributed by atoms with Crippen LogP contribution in [0.5, 0.6) is 5.75 Å². The van der Waals surface area contributed by atoms with Crippen LogP contribution < -0.4 is 10.1 Å². The van der Waals surface area contributed by atoms with E-state index in [0.29, 0.717) is 18.7 Å². The predicted molar refractivity (Wildman–Crippen MR) is 116 cm³/mol. The van der Waals surface area contributed by atoms with Gasteiger partial charge in [-0.3, -0.25) is 9.59 Å². The van der Waals surface area contributed by atoms with Gasteiger partial charge in [0.15, 0.2) is 6.61 Å². The zero-order valence-corrected chi connectivity index (χ0v) is 18.1. The molecule has 0 fully saturated rings. The van der Waals surface area contributed by atoms with E-state index in [2.05, 4.69) is 5.32 Å². The first-order valence-electron chi connectivity index (χ1n) is 10.0. The van der Waals surface area contributed by atoms with Crippen LogP contribution in [0, 0.1) is 6.92 Å². The highest BCUT2D eigenvalue weighted by Crippen LogP contribution is 2.13. The van der Waals surface area contributed by atoms with Crippen molar-refractivity contribution in [1.82, 2.24) is 10.2 Å². The van der Waals surface area contributed by atoms with E-state index >= 15 is 0 Å². The van der Waals surface area contributed by atoms with Gasteiger partial charge in [-0.05, 0) is 64.3 Å². The third-order valence-corrected chi connectivity index (χ3v) is 4.50. The highest BCUT2D eigenvalue weighted by atomic mass is 16.5. The lowest BCUT2D eigenvalue weighted by Gasteiger charge is -2.31. The minimum atomic E-state index is -0.591. The topological polar surface area (TPSA) is 58.6 Å². The molecule has 0 saturated carbocycles. The fraction of sp³-hybridized carbons (Fsp3) is 0.417. The van der Waals surface area contributed by atoms with Crippen LogP contribution in [-0.4, -0.2) is 41.4 Å². The summed E-state index contributed by atoms with van der Waals surface area (Å²) >= 11 is 0. The summed E-state index contributed by atoms with van der Waals surface area (Å²) in [5.74, 6) is 0.265. The normalized spacial score (nSPS) is 12.2. The van der Waals surface area contributed by atoms with E-state index in [9.17, 15) is 9.59 Å². The maximum Gasteiger partial charge on any atom is 0.261 e. The molecular formula is C24H32N2O3. The summed E-state index contributed by atoms with van der Waals surface area (Å²) in [6.45, 7) is 9.85. The molecule has 2 rings (SSSR count). The Hall–Kier alpha value is -2.82. The summed E-state index contributed by atoms with van der Waals surface area (Å²) in [4.78, 5) is 27.2. The molecule has 2 aromatic rings. The molecule has 0 aliphatic rings. The standard InChI is InChI=1S/C24H32N2O3/c1-18-10-9-13-21(16-18)29-17-22(27)26(15-14-20-11-7-6-8-12-20)19(2)23(28)25-24(3,4)5/h6-13,16,19H,14-15,17H2,1-5H3,(H,25,28). The molecule has 0 heterocycles. The predicted octanol–water partition coefficient (Wildman–Crippen LogP) is 3.75. The molecular weight excluding hydrogens is 364 g/mol. The quantitative estimate of drug-likeness (QED) is 0.739. The van der Waals surface area contributed by atoms with Gasteiger partial charge in [-0.15, -0.1) is 0 Å². The van der Waals surface area contributed by atoms with Gasteiger partial charge in [-0.25, -0.2) is 0 Å². The second-order valence-electron chi connectivity index (χ2n) is 8.34. The lowest BCUT2D eigenvalue weighted by atomic mass is 10.1. The van der Waals surface area contributed by atoms with Crippen molar-refractivity contribution in [2.75, 3.05) is 13.2 Å². The van der Waals surface area contributed by atoms with E-state index in [1.54, 1.807) is 11.8 Å². The van der Waals surface area contributed by atoms with Crippen molar-refractivity contribution in [3.63, 3.8) is 0 Å². The molecule has 1 atom stereocenters. The van der Waals surface area contributed by atoms with Gasteiger partial charge in [0.1, 0.15) is 11.8 Å². The molecule has 5 nitrogen and oxygen atoms in total. The van der Waals surface area contributed by atoms with Crippen LogP contribution in [0.3, 0.4) is 0 Å². The fourth-order valence-corrected chi connectivity index (χ4v) is 2.98.